The van der Waals surface area contributed by atoms with E-state index in [0.717, 1.165) is 30.4 Å². The van der Waals surface area contributed by atoms with Gasteiger partial charge in [-0.2, -0.15) is 0 Å². The Morgan fingerprint density at radius 1 is 1.38 bits per heavy atom. The van der Waals surface area contributed by atoms with Crippen molar-refractivity contribution >= 4 is 11.7 Å². The number of carbonyl (C=O) groups is 1. The maximum absolute atomic E-state index is 12.1. The number of likely N-dealkylation sites (tertiary alicyclic amines) is 1. The molecule has 1 aliphatic rings. The average molecular weight is 285 g/mol. The fraction of sp³-hybridized carbons (Fsp3) is 0.400. The van der Waals surface area contributed by atoms with Crippen molar-refractivity contribution in [3.05, 3.63) is 36.4 Å². The van der Waals surface area contributed by atoms with Crippen molar-refractivity contribution in [2.75, 3.05) is 25.5 Å². The number of pyridine rings is 1. The van der Waals surface area contributed by atoms with Crippen LogP contribution >= 0.6 is 0 Å². The van der Waals surface area contributed by atoms with Gasteiger partial charge in [0.25, 0.3) is 0 Å². The van der Waals surface area contributed by atoms with Gasteiger partial charge in [-0.25, -0.2) is 9.97 Å². The van der Waals surface area contributed by atoms with Crippen molar-refractivity contribution in [3.63, 3.8) is 0 Å². The van der Waals surface area contributed by atoms with Crippen LogP contribution in [0.1, 0.15) is 12.2 Å². The molecule has 0 aromatic carbocycles. The van der Waals surface area contributed by atoms with Crippen LogP contribution in [0.25, 0.3) is 5.82 Å². The van der Waals surface area contributed by atoms with Crippen LogP contribution in [0.4, 0.5) is 5.82 Å². The molecule has 21 heavy (non-hydrogen) atoms. The van der Waals surface area contributed by atoms with Crippen molar-refractivity contribution in [3.8, 4) is 5.82 Å². The Kier molecular flexibility index (Phi) is 3.37. The maximum atomic E-state index is 12.1. The summed E-state index contributed by atoms with van der Waals surface area (Å²) in [6.07, 6.45) is 4.47. The lowest BCUT2D eigenvalue weighted by Crippen LogP contribution is -2.39. The summed E-state index contributed by atoms with van der Waals surface area (Å²) in [6, 6.07) is 5.70. The minimum Gasteiger partial charge on any atom is -0.347 e. The van der Waals surface area contributed by atoms with Crippen LogP contribution in [0.5, 0.6) is 0 Å². The molecule has 1 amide bonds. The zero-order valence-electron chi connectivity index (χ0n) is 12.5. The van der Waals surface area contributed by atoms with Crippen LogP contribution in [0, 0.1) is 6.92 Å². The molecule has 1 aliphatic heterocycles. The van der Waals surface area contributed by atoms with Crippen molar-refractivity contribution in [2.45, 2.75) is 19.4 Å². The Morgan fingerprint density at radius 3 is 2.81 bits per heavy atom. The summed E-state index contributed by atoms with van der Waals surface area (Å²) < 4.78 is 1.93. The number of hydrogen-bond acceptors (Lipinski definition) is 4. The number of aryl methyl sites for hydroxylation is 1. The van der Waals surface area contributed by atoms with E-state index in [1.54, 1.807) is 11.1 Å². The summed E-state index contributed by atoms with van der Waals surface area (Å²) >= 11 is 0. The molecule has 0 radical (unpaired) electrons. The van der Waals surface area contributed by atoms with E-state index >= 15 is 0 Å². The largest absolute Gasteiger partial charge is 0.347 e. The predicted octanol–water partition coefficient (Wildman–Crippen LogP) is 1.24. The van der Waals surface area contributed by atoms with E-state index in [0.29, 0.717) is 0 Å². The molecule has 0 N–H and O–H groups in total. The molecule has 0 spiro atoms. The SMILES string of the molecule is Cc1nccn1-c1cccc(N(C)C2CCN(C)C2=O)n1. The zero-order chi connectivity index (χ0) is 15.0. The number of carbonyl (C=O) groups excluding carboxylic acids is 1. The van der Waals surface area contributed by atoms with Crippen molar-refractivity contribution < 1.29 is 4.79 Å². The molecule has 3 rings (SSSR count). The van der Waals surface area contributed by atoms with Gasteiger partial charge in [-0.05, 0) is 25.5 Å². The quantitative estimate of drug-likeness (QED) is 0.851. The van der Waals surface area contributed by atoms with E-state index in [-0.39, 0.29) is 11.9 Å². The summed E-state index contributed by atoms with van der Waals surface area (Å²) in [4.78, 5) is 24.7. The normalized spacial score (nSPS) is 18.3. The first kappa shape index (κ1) is 13.6. The van der Waals surface area contributed by atoms with Gasteiger partial charge in [0.1, 0.15) is 23.5 Å². The van der Waals surface area contributed by atoms with Crippen LogP contribution in [-0.2, 0) is 4.79 Å². The summed E-state index contributed by atoms with van der Waals surface area (Å²) in [5.74, 6) is 2.66. The van der Waals surface area contributed by atoms with E-state index in [1.807, 2.05) is 54.9 Å². The Morgan fingerprint density at radius 2 is 2.19 bits per heavy atom. The summed E-state index contributed by atoms with van der Waals surface area (Å²) in [5, 5.41) is 0. The molecule has 1 fully saturated rings. The summed E-state index contributed by atoms with van der Waals surface area (Å²) in [6.45, 7) is 2.74. The third-order valence-corrected chi connectivity index (χ3v) is 4.02. The number of imidazole rings is 1. The highest BCUT2D eigenvalue weighted by Gasteiger charge is 2.32. The summed E-state index contributed by atoms with van der Waals surface area (Å²) in [5.41, 5.74) is 0. The number of nitrogens with zero attached hydrogens (tertiary/aromatic N) is 5. The van der Waals surface area contributed by atoms with Gasteiger partial charge < -0.3 is 9.80 Å². The van der Waals surface area contributed by atoms with E-state index in [1.165, 1.54) is 0 Å². The standard InChI is InChI=1S/C15H19N5O/c1-11-16-8-10-20(11)14-6-4-5-13(17-14)19(3)12-7-9-18(2)15(12)21/h4-6,8,10,12H,7,9H2,1-3H3. The van der Waals surface area contributed by atoms with E-state index in [9.17, 15) is 4.79 Å². The van der Waals surface area contributed by atoms with Gasteiger partial charge in [0.2, 0.25) is 5.91 Å². The monoisotopic (exact) mass is 285 g/mol. The van der Waals surface area contributed by atoms with Crippen LogP contribution in [0.2, 0.25) is 0 Å². The van der Waals surface area contributed by atoms with E-state index < -0.39 is 0 Å². The number of hydrogen-bond donors (Lipinski definition) is 0. The summed E-state index contributed by atoms with van der Waals surface area (Å²) in [7, 11) is 3.77. The molecule has 0 aliphatic carbocycles. The van der Waals surface area contributed by atoms with Gasteiger partial charge in [0, 0.05) is 33.0 Å². The molecule has 2 aromatic heterocycles. The predicted molar refractivity (Wildman–Crippen MR) is 80.5 cm³/mol. The second-order valence-electron chi connectivity index (χ2n) is 5.37. The topological polar surface area (TPSA) is 54.3 Å². The first-order valence-corrected chi connectivity index (χ1v) is 7.03. The Labute approximate surface area is 124 Å². The van der Waals surface area contributed by atoms with Gasteiger partial charge >= 0.3 is 0 Å². The highest BCUT2D eigenvalue weighted by Crippen LogP contribution is 2.21. The molecule has 0 bridgehead atoms. The molecule has 1 atom stereocenters. The third kappa shape index (κ3) is 2.37. The molecular weight excluding hydrogens is 266 g/mol. The molecule has 1 saturated heterocycles. The number of amides is 1. The number of anilines is 1. The minimum atomic E-state index is -0.123. The fourth-order valence-corrected chi connectivity index (χ4v) is 2.69. The van der Waals surface area contributed by atoms with E-state index in [4.69, 9.17) is 0 Å². The Bertz CT molecular complexity index is 666. The van der Waals surface area contributed by atoms with E-state index in [2.05, 4.69) is 9.97 Å². The smallest absolute Gasteiger partial charge is 0.245 e. The van der Waals surface area contributed by atoms with Gasteiger partial charge in [0.05, 0.1) is 0 Å². The fourth-order valence-electron chi connectivity index (χ4n) is 2.69. The molecule has 6 nitrogen and oxygen atoms in total. The Balaban J connectivity index is 1.90. The molecule has 110 valence electrons. The number of aromatic nitrogens is 3. The first-order valence-electron chi connectivity index (χ1n) is 7.03. The van der Waals surface area contributed by atoms with Gasteiger partial charge in [-0.3, -0.25) is 9.36 Å². The highest BCUT2D eigenvalue weighted by molar-refractivity contribution is 5.86. The second-order valence-corrected chi connectivity index (χ2v) is 5.37. The maximum Gasteiger partial charge on any atom is 0.245 e. The number of likely N-dealkylation sites (N-methyl/N-ethyl adjacent to an activating group) is 2. The molecule has 0 saturated carbocycles. The molecule has 2 aromatic rings. The minimum absolute atomic E-state index is 0.123. The van der Waals surface area contributed by atoms with Gasteiger partial charge in [-0.1, -0.05) is 6.07 Å². The molecule has 3 heterocycles. The van der Waals surface area contributed by atoms with Crippen molar-refractivity contribution in [2.24, 2.45) is 0 Å². The second kappa shape index (κ2) is 5.20. The van der Waals surface area contributed by atoms with Crippen LogP contribution in [0.15, 0.2) is 30.6 Å². The third-order valence-electron chi connectivity index (χ3n) is 4.02. The lowest BCUT2D eigenvalue weighted by Gasteiger charge is -2.24. The van der Waals surface area contributed by atoms with Crippen molar-refractivity contribution in [1.29, 1.82) is 0 Å². The van der Waals surface area contributed by atoms with Gasteiger partial charge in [0.15, 0.2) is 0 Å². The number of rotatable bonds is 3. The lowest BCUT2D eigenvalue weighted by molar-refractivity contribution is -0.127. The van der Waals surface area contributed by atoms with Gasteiger partial charge in [-0.15, -0.1) is 0 Å². The molecular formula is C15H19N5O. The Hall–Kier alpha value is -2.37. The lowest BCUT2D eigenvalue weighted by atomic mass is 10.2. The van der Waals surface area contributed by atoms with Crippen LogP contribution < -0.4 is 4.90 Å². The first-order chi connectivity index (χ1) is 10.1. The van der Waals surface area contributed by atoms with Crippen LogP contribution in [0.3, 0.4) is 0 Å². The zero-order valence-corrected chi connectivity index (χ0v) is 12.5. The molecule has 6 heteroatoms. The highest BCUT2D eigenvalue weighted by atomic mass is 16.2. The van der Waals surface area contributed by atoms with Crippen LogP contribution in [-0.4, -0.2) is 52.0 Å². The molecule has 1 unspecified atom stereocenters. The van der Waals surface area contributed by atoms with Crippen molar-refractivity contribution in [1.82, 2.24) is 19.4 Å². The average Bonchev–Trinajstić information content (AvgIpc) is 3.06.